The summed E-state index contributed by atoms with van der Waals surface area (Å²) in [7, 11) is 0. The van der Waals surface area contributed by atoms with Crippen LogP contribution in [0.4, 0.5) is 0 Å². The first-order valence-corrected chi connectivity index (χ1v) is 6.06. The summed E-state index contributed by atoms with van der Waals surface area (Å²) in [5, 5.41) is 12.4. The summed E-state index contributed by atoms with van der Waals surface area (Å²) in [5.41, 5.74) is 2.08. The zero-order valence-corrected chi connectivity index (χ0v) is 10.9. The zero-order chi connectivity index (χ0) is 12.8. The maximum atomic E-state index is 11.4. The summed E-state index contributed by atoms with van der Waals surface area (Å²) in [5.74, 6) is -0.0532. The molecule has 94 valence electrons. The van der Waals surface area contributed by atoms with E-state index in [1.807, 2.05) is 25.1 Å². The standard InChI is InChI=1S/C13H18ClNO2/c1-9-3-4-11(7-12(9)14)5-6-13(17)15-8-10(2)16/h3-4,7,10,16H,5-6,8H2,1-2H3,(H,15,17)/t10-/m0/s1. The molecule has 3 nitrogen and oxygen atoms in total. The lowest BCUT2D eigenvalue weighted by Gasteiger charge is -2.07. The Morgan fingerprint density at radius 3 is 2.82 bits per heavy atom. The number of benzene rings is 1. The number of aliphatic hydroxyl groups excluding tert-OH is 1. The third-order valence-corrected chi connectivity index (χ3v) is 2.88. The van der Waals surface area contributed by atoms with Crippen molar-refractivity contribution in [1.82, 2.24) is 5.32 Å². The van der Waals surface area contributed by atoms with Gasteiger partial charge < -0.3 is 10.4 Å². The third-order valence-electron chi connectivity index (χ3n) is 2.47. The highest BCUT2D eigenvalue weighted by molar-refractivity contribution is 6.31. The van der Waals surface area contributed by atoms with Gasteiger partial charge in [-0.05, 0) is 37.5 Å². The molecule has 2 N–H and O–H groups in total. The Labute approximate surface area is 107 Å². The first-order chi connectivity index (χ1) is 7.99. The van der Waals surface area contributed by atoms with E-state index in [4.69, 9.17) is 16.7 Å². The number of hydrogen-bond acceptors (Lipinski definition) is 2. The molecule has 1 aromatic rings. The van der Waals surface area contributed by atoms with E-state index in [0.29, 0.717) is 19.4 Å². The fraction of sp³-hybridized carbons (Fsp3) is 0.462. The van der Waals surface area contributed by atoms with E-state index in [1.165, 1.54) is 0 Å². The molecular formula is C13H18ClNO2. The Morgan fingerprint density at radius 2 is 2.24 bits per heavy atom. The Bertz CT molecular complexity index is 391. The van der Waals surface area contributed by atoms with E-state index in [1.54, 1.807) is 6.92 Å². The van der Waals surface area contributed by atoms with Crippen LogP contribution in [0, 0.1) is 6.92 Å². The highest BCUT2D eigenvalue weighted by atomic mass is 35.5. The van der Waals surface area contributed by atoms with Crippen molar-refractivity contribution in [3.63, 3.8) is 0 Å². The van der Waals surface area contributed by atoms with E-state index >= 15 is 0 Å². The first-order valence-electron chi connectivity index (χ1n) is 5.69. The molecule has 17 heavy (non-hydrogen) atoms. The molecule has 0 unspecified atom stereocenters. The highest BCUT2D eigenvalue weighted by Gasteiger charge is 2.04. The van der Waals surface area contributed by atoms with Gasteiger partial charge in [-0.25, -0.2) is 0 Å². The van der Waals surface area contributed by atoms with Gasteiger partial charge in [-0.1, -0.05) is 23.7 Å². The van der Waals surface area contributed by atoms with E-state index in [0.717, 1.165) is 16.1 Å². The van der Waals surface area contributed by atoms with Crippen molar-refractivity contribution in [3.8, 4) is 0 Å². The van der Waals surface area contributed by atoms with Crippen molar-refractivity contribution in [2.75, 3.05) is 6.54 Å². The molecule has 1 rings (SSSR count). The molecule has 0 spiro atoms. The number of hydrogen-bond donors (Lipinski definition) is 2. The Kier molecular flexibility index (Phi) is 5.45. The van der Waals surface area contributed by atoms with Gasteiger partial charge in [0.2, 0.25) is 5.91 Å². The van der Waals surface area contributed by atoms with Crippen molar-refractivity contribution in [2.24, 2.45) is 0 Å². The van der Waals surface area contributed by atoms with Gasteiger partial charge in [0.05, 0.1) is 6.10 Å². The quantitative estimate of drug-likeness (QED) is 0.846. The second-order valence-corrected chi connectivity index (χ2v) is 4.64. The van der Waals surface area contributed by atoms with Gasteiger partial charge in [-0.15, -0.1) is 0 Å². The SMILES string of the molecule is Cc1ccc(CCC(=O)NC[C@H](C)O)cc1Cl. The molecule has 1 atom stereocenters. The molecule has 0 heterocycles. The molecule has 0 fully saturated rings. The second kappa shape index (κ2) is 6.62. The van der Waals surface area contributed by atoms with E-state index < -0.39 is 6.10 Å². The van der Waals surface area contributed by atoms with Crippen LogP contribution >= 0.6 is 11.6 Å². The summed E-state index contributed by atoms with van der Waals surface area (Å²) >= 11 is 6.00. The molecule has 0 aliphatic carbocycles. The summed E-state index contributed by atoms with van der Waals surface area (Å²) in [6, 6.07) is 5.81. The average Bonchev–Trinajstić information content (AvgIpc) is 2.28. The van der Waals surface area contributed by atoms with Gasteiger partial charge in [0.1, 0.15) is 0 Å². The summed E-state index contributed by atoms with van der Waals surface area (Å²) in [6.07, 6.45) is 0.561. The monoisotopic (exact) mass is 255 g/mol. The van der Waals surface area contributed by atoms with Gasteiger partial charge in [0, 0.05) is 18.0 Å². The fourth-order valence-corrected chi connectivity index (χ4v) is 1.60. The van der Waals surface area contributed by atoms with E-state index in [2.05, 4.69) is 5.32 Å². The van der Waals surface area contributed by atoms with Crippen LogP contribution in [0.5, 0.6) is 0 Å². The second-order valence-electron chi connectivity index (χ2n) is 4.24. The van der Waals surface area contributed by atoms with Crippen LogP contribution in [-0.4, -0.2) is 23.7 Å². The molecule has 1 aromatic carbocycles. The lowest BCUT2D eigenvalue weighted by Crippen LogP contribution is -2.30. The minimum atomic E-state index is -0.507. The predicted octanol–water partition coefficient (Wildman–Crippen LogP) is 2.08. The number of nitrogens with one attached hydrogen (secondary N) is 1. The minimum absolute atomic E-state index is 0.0532. The number of amides is 1. The highest BCUT2D eigenvalue weighted by Crippen LogP contribution is 2.17. The molecule has 0 bridgehead atoms. The average molecular weight is 256 g/mol. The number of aliphatic hydroxyl groups is 1. The third kappa shape index (κ3) is 5.20. The molecule has 0 aliphatic rings. The molecule has 0 saturated heterocycles. The summed E-state index contributed by atoms with van der Waals surface area (Å²) < 4.78 is 0. The predicted molar refractivity (Wildman–Crippen MR) is 69.2 cm³/mol. The number of carbonyl (C=O) groups is 1. The van der Waals surface area contributed by atoms with Gasteiger partial charge in [0.15, 0.2) is 0 Å². The van der Waals surface area contributed by atoms with Crippen LogP contribution in [0.2, 0.25) is 5.02 Å². The maximum absolute atomic E-state index is 11.4. The molecule has 0 aliphatic heterocycles. The van der Waals surface area contributed by atoms with Gasteiger partial charge >= 0.3 is 0 Å². The lowest BCUT2D eigenvalue weighted by atomic mass is 10.1. The number of aryl methyl sites for hydroxylation is 2. The van der Waals surface area contributed by atoms with Crippen LogP contribution in [0.1, 0.15) is 24.5 Å². The zero-order valence-electron chi connectivity index (χ0n) is 10.2. The fourth-order valence-electron chi connectivity index (χ4n) is 1.40. The maximum Gasteiger partial charge on any atom is 0.220 e. The van der Waals surface area contributed by atoms with Crippen LogP contribution in [0.3, 0.4) is 0 Å². The van der Waals surface area contributed by atoms with Crippen molar-refractivity contribution in [3.05, 3.63) is 34.3 Å². The smallest absolute Gasteiger partial charge is 0.220 e. The van der Waals surface area contributed by atoms with Crippen LogP contribution in [0.15, 0.2) is 18.2 Å². The summed E-state index contributed by atoms with van der Waals surface area (Å²) in [4.78, 5) is 11.4. The molecule has 4 heteroatoms. The van der Waals surface area contributed by atoms with Crippen molar-refractivity contribution < 1.29 is 9.90 Å². The molecule has 0 aromatic heterocycles. The van der Waals surface area contributed by atoms with Crippen LogP contribution < -0.4 is 5.32 Å². The number of rotatable bonds is 5. The first kappa shape index (κ1) is 14.0. The van der Waals surface area contributed by atoms with Crippen LogP contribution in [0.25, 0.3) is 0 Å². The lowest BCUT2D eigenvalue weighted by molar-refractivity contribution is -0.121. The van der Waals surface area contributed by atoms with E-state index in [-0.39, 0.29) is 5.91 Å². The van der Waals surface area contributed by atoms with Crippen molar-refractivity contribution in [2.45, 2.75) is 32.8 Å². The topological polar surface area (TPSA) is 49.3 Å². The minimum Gasteiger partial charge on any atom is -0.392 e. The van der Waals surface area contributed by atoms with E-state index in [9.17, 15) is 4.79 Å². The van der Waals surface area contributed by atoms with Crippen LogP contribution in [-0.2, 0) is 11.2 Å². The number of halogens is 1. The van der Waals surface area contributed by atoms with Crippen molar-refractivity contribution >= 4 is 17.5 Å². The molecule has 0 radical (unpaired) electrons. The van der Waals surface area contributed by atoms with Gasteiger partial charge in [-0.2, -0.15) is 0 Å². The van der Waals surface area contributed by atoms with Gasteiger partial charge in [-0.3, -0.25) is 4.79 Å². The van der Waals surface area contributed by atoms with Gasteiger partial charge in [0.25, 0.3) is 0 Å². The largest absolute Gasteiger partial charge is 0.392 e. The Hall–Kier alpha value is -1.06. The van der Waals surface area contributed by atoms with Crippen molar-refractivity contribution in [1.29, 1.82) is 0 Å². The summed E-state index contributed by atoms with van der Waals surface area (Å²) in [6.45, 7) is 3.88. The Balaban J connectivity index is 2.39. The molecule has 1 amide bonds. The normalized spacial score (nSPS) is 12.2. The molecule has 0 saturated carbocycles. The molecular weight excluding hydrogens is 238 g/mol. The Morgan fingerprint density at radius 1 is 1.53 bits per heavy atom. The number of carbonyl (C=O) groups excluding carboxylic acids is 1.